The minimum Gasteiger partial charge on any atom is -0.315 e. The zero-order chi connectivity index (χ0) is 17.8. The number of amides is 1. The normalized spacial score (nSPS) is 11.5. The Morgan fingerprint density at radius 2 is 1.64 bits per heavy atom. The molecule has 0 radical (unpaired) electrons. The number of carbonyl (C=O) groups is 2. The molecule has 126 valence electrons. The van der Waals surface area contributed by atoms with E-state index in [1.54, 1.807) is 28.8 Å². The molecule has 0 saturated carbocycles. The second-order valence-corrected chi connectivity index (χ2v) is 7.04. The molecule has 0 N–H and O–H groups in total. The van der Waals surface area contributed by atoms with Crippen LogP contribution in [0.15, 0.2) is 65.8 Å². The lowest BCUT2D eigenvalue weighted by Gasteiger charge is -2.03. The molecule has 0 aliphatic heterocycles. The Hall–Kier alpha value is -2.79. The molecule has 1 heterocycles. The summed E-state index contributed by atoms with van der Waals surface area (Å²) in [6, 6.07) is 16.4. The van der Waals surface area contributed by atoms with Gasteiger partial charge in [-0.15, -0.1) is 11.3 Å². The molecule has 3 rings (SSSR count). The Morgan fingerprint density at radius 1 is 0.960 bits per heavy atom. The molecule has 0 aliphatic rings. The highest BCUT2D eigenvalue weighted by molar-refractivity contribution is 7.09. The second-order valence-electron chi connectivity index (χ2n) is 5.82. The van der Waals surface area contributed by atoms with E-state index in [1.807, 2.05) is 50.4 Å². The van der Waals surface area contributed by atoms with Crippen LogP contribution in [0.5, 0.6) is 0 Å². The van der Waals surface area contributed by atoms with E-state index in [9.17, 15) is 9.59 Å². The first-order valence-electron chi connectivity index (χ1n) is 7.94. The number of thiazole rings is 1. The lowest BCUT2D eigenvalue weighted by atomic mass is 10.1. The van der Waals surface area contributed by atoms with Gasteiger partial charge in [-0.05, 0) is 26.0 Å². The fourth-order valence-electron chi connectivity index (χ4n) is 2.42. The van der Waals surface area contributed by atoms with E-state index in [1.165, 1.54) is 11.3 Å². The second kappa shape index (κ2) is 7.40. The highest BCUT2D eigenvalue weighted by Gasteiger charge is 2.10. The molecular formula is C20H18N2O2S. The first-order valence-corrected chi connectivity index (χ1v) is 8.75. The van der Waals surface area contributed by atoms with E-state index in [4.69, 9.17) is 0 Å². The van der Waals surface area contributed by atoms with Gasteiger partial charge in [0.15, 0.2) is 10.6 Å². The fourth-order valence-corrected chi connectivity index (χ4v) is 3.25. The largest absolute Gasteiger partial charge is 0.315 e. The van der Waals surface area contributed by atoms with Gasteiger partial charge in [0.05, 0.1) is 6.54 Å². The molecule has 25 heavy (non-hydrogen) atoms. The number of ketones is 1. The van der Waals surface area contributed by atoms with E-state index in [-0.39, 0.29) is 18.2 Å². The summed E-state index contributed by atoms with van der Waals surface area (Å²) in [4.78, 5) is 30.6. The SMILES string of the molecule is Cc1ccc(C(=O)N=c2sc(C)cn2CC(=O)c2ccccc2)cc1. The molecule has 0 atom stereocenters. The summed E-state index contributed by atoms with van der Waals surface area (Å²) in [5.74, 6) is -0.314. The van der Waals surface area contributed by atoms with Crippen molar-refractivity contribution in [2.45, 2.75) is 20.4 Å². The molecule has 0 unspecified atom stereocenters. The van der Waals surface area contributed by atoms with Crippen molar-refractivity contribution < 1.29 is 9.59 Å². The number of nitrogens with zero attached hydrogens (tertiary/aromatic N) is 2. The Balaban J connectivity index is 1.89. The Bertz CT molecular complexity index is 967. The molecule has 0 spiro atoms. The number of carbonyl (C=O) groups excluding carboxylic acids is 2. The maximum atomic E-state index is 12.4. The first kappa shape index (κ1) is 17.0. The summed E-state index contributed by atoms with van der Waals surface area (Å²) in [6.07, 6.45) is 1.85. The first-order chi connectivity index (χ1) is 12.0. The van der Waals surface area contributed by atoms with Crippen molar-refractivity contribution in [2.75, 3.05) is 0 Å². The topological polar surface area (TPSA) is 51.4 Å². The number of hydrogen-bond donors (Lipinski definition) is 0. The Kier molecular flexibility index (Phi) is 5.05. The number of Topliss-reactive ketones (excluding diaryl/α,β-unsaturated/α-hetero) is 1. The van der Waals surface area contributed by atoms with Crippen LogP contribution in [0.4, 0.5) is 0 Å². The van der Waals surface area contributed by atoms with Crippen LogP contribution in [0.25, 0.3) is 0 Å². The quantitative estimate of drug-likeness (QED) is 0.672. The monoisotopic (exact) mass is 350 g/mol. The van der Waals surface area contributed by atoms with Crippen LogP contribution in [0.3, 0.4) is 0 Å². The summed E-state index contributed by atoms with van der Waals surface area (Å²) >= 11 is 1.40. The molecule has 1 amide bonds. The smallest absolute Gasteiger partial charge is 0.279 e. The third-order valence-corrected chi connectivity index (χ3v) is 4.68. The predicted molar refractivity (Wildman–Crippen MR) is 98.9 cm³/mol. The minimum absolute atomic E-state index is 0.0114. The molecule has 5 heteroatoms. The van der Waals surface area contributed by atoms with Crippen molar-refractivity contribution in [1.29, 1.82) is 0 Å². The number of aryl methyl sites for hydroxylation is 2. The maximum absolute atomic E-state index is 12.4. The van der Waals surface area contributed by atoms with Crippen LogP contribution < -0.4 is 4.80 Å². The van der Waals surface area contributed by atoms with Gasteiger partial charge in [-0.2, -0.15) is 4.99 Å². The van der Waals surface area contributed by atoms with Crippen molar-refractivity contribution in [3.05, 3.63) is 87.2 Å². The lowest BCUT2D eigenvalue weighted by molar-refractivity contribution is 0.0963. The third kappa shape index (κ3) is 4.19. The van der Waals surface area contributed by atoms with Crippen molar-refractivity contribution in [2.24, 2.45) is 4.99 Å². The van der Waals surface area contributed by atoms with Gasteiger partial charge in [0.25, 0.3) is 5.91 Å². The molecular weight excluding hydrogens is 332 g/mol. The van der Waals surface area contributed by atoms with E-state index in [0.717, 1.165) is 10.4 Å². The van der Waals surface area contributed by atoms with Gasteiger partial charge in [0, 0.05) is 22.2 Å². The minimum atomic E-state index is -0.303. The van der Waals surface area contributed by atoms with Crippen LogP contribution in [-0.2, 0) is 6.54 Å². The van der Waals surface area contributed by atoms with Crippen LogP contribution in [-0.4, -0.2) is 16.3 Å². The zero-order valence-electron chi connectivity index (χ0n) is 14.1. The van der Waals surface area contributed by atoms with Gasteiger partial charge in [-0.3, -0.25) is 9.59 Å². The number of rotatable bonds is 4. The summed E-state index contributed by atoms with van der Waals surface area (Å²) in [5.41, 5.74) is 2.28. The third-order valence-electron chi connectivity index (χ3n) is 3.74. The zero-order valence-corrected chi connectivity index (χ0v) is 14.9. The number of benzene rings is 2. The molecule has 1 aromatic heterocycles. The Morgan fingerprint density at radius 3 is 2.32 bits per heavy atom. The molecule has 0 aliphatic carbocycles. The van der Waals surface area contributed by atoms with E-state index >= 15 is 0 Å². The van der Waals surface area contributed by atoms with Crippen LogP contribution in [0.2, 0.25) is 0 Å². The number of hydrogen-bond acceptors (Lipinski definition) is 3. The van der Waals surface area contributed by atoms with Gasteiger partial charge >= 0.3 is 0 Å². The average Bonchev–Trinajstić information content (AvgIpc) is 2.95. The molecule has 3 aromatic rings. The van der Waals surface area contributed by atoms with Gasteiger partial charge in [0.1, 0.15) is 0 Å². The molecule has 0 saturated heterocycles. The summed E-state index contributed by atoms with van der Waals surface area (Å²) in [6.45, 7) is 4.06. The summed E-state index contributed by atoms with van der Waals surface area (Å²) in [7, 11) is 0. The van der Waals surface area contributed by atoms with Crippen LogP contribution >= 0.6 is 11.3 Å². The van der Waals surface area contributed by atoms with Gasteiger partial charge in [0.2, 0.25) is 0 Å². The molecule has 0 bridgehead atoms. The van der Waals surface area contributed by atoms with E-state index in [0.29, 0.717) is 15.9 Å². The molecule has 4 nitrogen and oxygen atoms in total. The van der Waals surface area contributed by atoms with Gasteiger partial charge in [-0.1, -0.05) is 48.0 Å². The van der Waals surface area contributed by atoms with Gasteiger partial charge < -0.3 is 4.57 Å². The highest BCUT2D eigenvalue weighted by atomic mass is 32.1. The van der Waals surface area contributed by atoms with Crippen molar-refractivity contribution >= 4 is 23.0 Å². The molecule has 2 aromatic carbocycles. The van der Waals surface area contributed by atoms with Gasteiger partial charge in [-0.25, -0.2) is 0 Å². The van der Waals surface area contributed by atoms with E-state index < -0.39 is 0 Å². The van der Waals surface area contributed by atoms with Crippen molar-refractivity contribution in [3.63, 3.8) is 0 Å². The Labute approximate surface area is 150 Å². The fraction of sp³-hybridized carbons (Fsp3) is 0.150. The van der Waals surface area contributed by atoms with Crippen LogP contribution in [0.1, 0.15) is 31.2 Å². The number of aromatic nitrogens is 1. The van der Waals surface area contributed by atoms with Crippen molar-refractivity contribution in [1.82, 2.24) is 4.57 Å². The van der Waals surface area contributed by atoms with E-state index in [2.05, 4.69) is 4.99 Å². The van der Waals surface area contributed by atoms with Crippen LogP contribution in [0, 0.1) is 13.8 Å². The summed E-state index contributed by atoms with van der Waals surface area (Å²) in [5, 5.41) is 0. The predicted octanol–water partition coefficient (Wildman–Crippen LogP) is 3.79. The summed E-state index contributed by atoms with van der Waals surface area (Å²) < 4.78 is 1.74. The molecule has 0 fully saturated rings. The highest BCUT2D eigenvalue weighted by Crippen LogP contribution is 2.07. The van der Waals surface area contributed by atoms with Crippen molar-refractivity contribution in [3.8, 4) is 0 Å². The average molecular weight is 350 g/mol. The standard InChI is InChI=1S/C20H18N2O2S/c1-14-8-10-17(11-9-14)19(24)21-20-22(12-15(2)25-20)13-18(23)16-6-4-3-5-7-16/h3-12H,13H2,1-2H3. The maximum Gasteiger partial charge on any atom is 0.279 e. The lowest BCUT2D eigenvalue weighted by Crippen LogP contribution is -2.21.